The number of hydrogen-bond acceptors (Lipinski definition) is 3. The van der Waals surface area contributed by atoms with Crippen LogP contribution < -0.4 is 5.32 Å². The molecule has 3 rings (SSSR count). The maximum Gasteiger partial charge on any atom is 0.251 e. The second-order valence-electron chi connectivity index (χ2n) is 6.23. The van der Waals surface area contributed by atoms with E-state index in [4.69, 9.17) is 4.42 Å². The fourth-order valence-corrected chi connectivity index (χ4v) is 2.94. The topological polar surface area (TPSA) is 62.5 Å². The Bertz CT molecular complexity index is 653. The van der Waals surface area contributed by atoms with Crippen LogP contribution in [-0.4, -0.2) is 17.6 Å². The van der Waals surface area contributed by atoms with E-state index in [1.54, 1.807) is 18.4 Å². The molecule has 1 fully saturated rings. The zero-order chi connectivity index (χ0) is 15.7. The molecular formula is C18H21NO3. The summed E-state index contributed by atoms with van der Waals surface area (Å²) in [5.74, 6) is 0.506. The highest BCUT2D eigenvalue weighted by molar-refractivity contribution is 5.94. The number of rotatable bonds is 5. The second kappa shape index (κ2) is 5.61. The summed E-state index contributed by atoms with van der Waals surface area (Å²) in [5, 5.41) is 13.8. The number of nitrogens with one attached hydrogen (secondary N) is 1. The van der Waals surface area contributed by atoms with Crippen LogP contribution in [0.1, 0.15) is 40.1 Å². The molecule has 1 aromatic heterocycles. The molecule has 1 saturated carbocycles. The molecule has 2 N–H and O–H groups in total. The van der Waals surface area contributed by atoms with Crippen LogP contribution in [0.3, 0.4) is 0 Å². The van der Waals surface area contributed by atoms with Crippen LogP contribution in [0.25, 0.3) is 0 Å². The third-order valence-corrected chi connectivity index (χ3v) is 4.20. The molecule has 22 heavy (non-hydrogen) atoms. The molecule has 0 radical (unpaired) electrons. The molecule has 4 nitrogen and oxygen atoms in total. The van der Waals surface area contributed by atoms with Crippen LogP contribution >= 0.6 is 0 Å². The van der Waals surface area contributed by atoms with E-state index in [2.05, 4.69) is 5.32 Å². The summed E-state index contributed by atoms with van der Waals surface area (Å²) in [6.07, 6.45) is 3.46. The Morgan fingerprint density at radius 3 is 2.55 bits per heavy atom. The molecule has 4 heteroatoms. The molecule has 1 amide bonds. The monoisotopic (exact) mass is 299 g/mol. The molecule has 1 aliphatic rings. The minimum absolute atomic E-state index is 0.151. The van der Waals surface area contributed by atoms with Gasteiger partial charge in [-0.1, -0.05) is 17.2 Å². The van der Waals surface area contributed by atoms with Gasteiger partial charge in [0.25, 0.3) is 5.91 Å². The van der Waals surface area contributed by atoms with E-state index < -0.39 is 5.60 Å². The first kappa shape index (κ1) is 14.9. The summed E-state index contributed by atoms with van der Waals surface area (Å²) in [4.78, 5) is 12.4. The van der Waals surface area contributed by atoms with Crippen molar-refractivity contribution < 1.29 is 14.3 Å². The summed E-state index contributed by atoms with van der Waals surface area (Å²) in [5.41, 5.74) is 1.61. The van der Waals surface area contributed by atoms with Gasteiger partial charge in [0.15, 0.2) is 0 Å². The van der Waals surface area contributed by atoms with Crippen molar-refractivity contribution in [2.24, 2.45) is 5.92 Å². The van der Waals surface area contributed by atoms with E-state index >= 15 is 0 Å². The van der Waals surface area contributed by atoms with Crippen LogP contribution in [0.4, 0.5) is 0 Å². The highest BCUT2D eigenvalue weighted by Gasteiger charge is 2.47. The van der Waals surface area contributed by atoms with Gasteiger partial charge in [0.05, 0.1) is 12.8 Å². The summed E-state index contributed by atoms with van der Waals surface area (Å²) >= 11 is 0. The fourth-order valence-electron chi connectivity index (χ4n) is 2.94. The predicted molar refractivity (Wildman–Crippen MR) is 83.6 cm³/mol. The average molecular weight is 299 g/mol. The van der Waals surface area contributed by atoms with Crippen LogP contribution in [0.2, 0.25) is 0 Å². The summed E-state index contributed by atoms with van der Waals surface area (Å²) in [6.45, 7) is 4.09. The smallest absolute Gasteiger partial charge is 0.251 e. The van der Waals surface area contributed by atoms with Crippen molar-refractivity contribution in [3.8, 4) is 0 Å². The minimum Gasteiger partial charge on any atom is -0.466 e. The van der Waals surface area contributed by atoms with E-state index in [1.165, 1.54) is 0 Å². The summed E-state index contributed by atoms with van der Waals surface area (Å²) in [7, 11) is 0. The molecule has 0 aliphatic heterocycles. The van der Waals surface area contributed by atoms with Crippen molar-refractivity contribution in [3.63, 3.8) is 0 Å². The highest BCUT2D eigenvalue weighted by atomic mass is 16.4. The first-order valence-electron chi connectivity index (χ1n) is 7.62. The lowest BCUT2D eigenvalue weighted by atomic mass is 9.94. The lowest BCUT2D eigenvalue weighted by Gasteiger charge is -2.26. The van der Waals surface area contributed by atoms with Crippen molar-refractivity contribution >= 4 is 5.91 Å². The molecular weight excluding hydrogens is 278 g/mol. The van der Waals surface area contributed by atoms with Gasteiger partial charge in [0.2, 0.25) is 0 Å². The van der Waals surface area contributed by atoms with Crippen molar-refractivity contribution in [2.75, 3.05) is 6.54 Å². The number of furan rings is 1. The second-order valence-corrected chi connectivity index (χ2v) is 6.23. The molecule has 0 saturated heterocycles. The Labute approximate surface area is 130 Å². The fraction of sp³-hybridized carbons (Fsp3) is 0.389. The maximum atomic E-state index is 12.4. The van der Waals surface area contributed by atoms with Gasteiger partial charge in [0.1, 0.15) is 11.4 Å². The molecule has 1 aromatic carbocycles. The first-order valence-corrected chi connectivity index (χ1v) is 7.62. The Morgan fingerprint density at radius 1 is 1.32 bits per heavy atom. The Kier molecular flexibility index (Phi) is 3.79. The van der Waals surface area contributed by atoms with Crippen LogP contribution in [0.15, 0.2) is 41.0 Å². The highest BCUT2D eigenvalue weighted by Crippen LogP contribution is 2.45. The molecule has 1 unspecified atom stereocenters. The molecule has 1 heterocycles. The largest absolute Gasteiger partial charge is 0.466 e. The Hall–Kier alpha value is -2.07. The SMILES string of the molecule is Cc1cc(C)cc(C(=O)NCC(O)(c2ccco2)C2CC2)c1. The molecule has 0 spiro atoms. The summed E-state index contributed by atoms with van der Waals surface area (Å²) < 4.78 is 5.37. The third kappa shape index (κ3) is 2.92. The molecule has 0 bridgehead atoms. The van der Waals surface area contributed by atoms with E-state index in [9.17, 15) is 9.90 Å². The normalized spacial score (nSPS) is 17.0. The van der Waals surface area contributed by atoms with Gasteiger partial charge >= 0.3 is 0 Å². The number of carbonyl (C=O) groups excluding carboxylic acids is 1. The van der Waals surface area contributed by atoms with Crippen molar-refractivity contribution in [1.29, 1.82) is 0 Å². The van der Waals surface area contributed by atoms with E-state index in [0.717, 1.165) is 24.0 Å². The lowest BCUT2D eigenvalue weighted by Crippen LogP contribution is -2.42. The Morgan fingerprint density at radius 2 is 2.00 bits per heavy atom. The van der Waals surface area contributed by atoms with Gasteiger partial charge < -0.3 is 14.8 Å². The predicted octanol–water partition coefficient (Wildman–Crippen LogP) is 2.92. The van der Waals surface area contributed by atoms with E-state index in [1.807, 2.05) is 32.0 Å². The van der Waals surface area contributed by atoms with Crippen molar-refractivity contribution in [3.05, 3.63) is 59.0 Å². The van der Waals surface area contributed by atoms with Crippen LogP contribution in [0.5, 0.6) is 0 Å². The van der Waals surface area contributed by atoms with E-state index in [-0.39, 0.29) is 18.4 Å². The molecule has 116 valence electrons. The van der Waals surface area contributed by atoms with E-state index in [0.29, 0.717) is 11.3 Å². The van der Waals surface area contributed by atoms with Crippen molar-refractivity contribution in [1.82, 2.24) is 5.32 Å². The standard InChI is InChI=1S/C18H21NO3/c1-12-8-13(2)10-14(9-12)17(20)19-11-18(21,15-5-6-15)16-4-3-7-22-16/h3-4,7-10,15,21H,5-6,11H2,1-2H3,(H,19,20). The average Bonchev–Trinajstić information content (AvgIpc) is 3.18. The van der Waals surface area contributed by atoms with Crippen LogP contribution in [0, 0.1) is 19.8 Å². The number of hydrogen-bond donors (Lipinski definition) is 2. The van der Waals surface area contributed by atoms with Gasteiger partial charge in [-0.05, 0) is 56.9 Å². The zero-order valence-electron chi connectivity index (χ0n) is 12.9. The first-order chi connectivity index (χ1) is 10.5. The number of aryl methyl sites for hydroxylation is 2. The van der Waals surface area contributed by atoms with Gasteiger partial charge in [-0.15, -0.1) is 0 Å². The minimum atomic E-state index is -1.11. The number of benzene rings is 1. The van der Waals surface area contributed by atoms with Crippen molar-refractivity contribution in [2.45, 2.75) is 32.3 Å². The van der Waals surface area contributed by atoms with Crippen LogP contribution in [-0.2, 0) is 5.60 Å². The summed E-state index contributed by atoms with van der Waals surface area (Å²) in [6, 6.07) is 9.26. The number of amides is 1. The third-order valence-electron chi connectivity index (χ3n) is 4.20. The zero-order valence-corrected chi connectivity index (χ0v) is 12.9. The molecule has 1 atom stereocenters. The Balaban J connectivity index is 1.74. The molecule has 1 aliphatic carbocycles. The lowest BCUT2D eigenvalue weighted by molar-refractivity contribution is -0.00610. The van der Waals surface area contributed by atoms with Gasteiger partial charge in [0, 0.05) is 5.56 Å². The molecule has 2 aromatic rings. The quantitative estimate of drug-likeness (QED) is 0.892. The van der Waals surface area contributed by atoms with Gasteiger partial charge in [-0.2, -0.15) is 0 Å². The number of carbonyl (C=O) groups is 1. The number of aliphatic hydroxyl groups is 1. The maximum absolute atomic E-state index is 12.4. The van der Waals surface area contributed by atoms with Gasteiger partial charge in [-0.25, -0.2) is 0 Å². The van der Waals surface area contributed by atoms with Gasteiger partial charge in [-0.3, -0.25) is 4.79 Å².